The first kappa shape index (κ1) is 18.9. The molecule has 0 fully saturated rings. The Morgan fingerprint density at radius 2 is 1.93 bits per heavy atom. The number of nitrogens with zero attached hydrogens (tertiary/aromatic N) is 4. The molecule has 0 saturated heterocycles. The number of nitrogens with one attached hydrogen (secondary N) is 1. The van der Waals surface area contributed by atoms with Gasteiger partial charge in [-0.05, 0) is 24.3 Å². The first-order valence-corrected chi connectivity index (χ1v) is 9.55. The first-order valence-electron chi connectivity index (χ1n) is 9.55. The van der Waals surface area contributed by atoms with Gasteiger partial charge >= 0.3 is 0 Å². The Morgan fingerprint density at radius 3 is 2.66 bits per heavy atom. The van der Waals surface area contributed by atoms with Crippen LogP contribution in [-0.4, -0.2) is 25.6 Å². The fraction of sp³-hybridized carbons (Fsp3) is 0.273. The maximum atomic E-state index is 12.8. The number of aryl methyl sites for hydroxylation is 2. The van der Waals surface area contributed by atoms with Crippen LogP contribution in [-0.2, 0) is 18.4 Å². The van der Waals surface area contributed by atoms with Crippen LogP contribution < -0.4 is 5.32 Å². The Balaban J connectivity index is 1.61. The standard InChI is InChI=1S/C22H23N5O2/c1-22(2,3)19-14-17(26-29-19)20(28)25-21-24-16-9-4-5-10-18(16)27(21)13-11-15-8-6-7-12-23-15/h4-10,12,14H,11,13H2,1-3H3,(H,24,25,28). The minimum absolute atomic E-state index is 0.221. The third-order valence-electron chi connectivity index (χ3n) is 4.68. The highest BCUT2D eigenvalue weighted by atomic mass is 16.5. The predicted octanol–water partition coefficient (Wildman–Crippen LogP) is 4.21. The molecule has 0 aliphatic rings. The highest BCUT2D eigenvalue weighted by Gasteiger charge is 2.23. The molecule has 0 radical (unpaired) electrons. The summed E-state index contributed by atoms with van der Waals surface area (Å²) in [5, 5.41) is 6.81. The van der Waals surface area contributed by atoms with Crippen LogP contribution >= 0.6 is 0 Å². The number of aromatic nitrogens is 4. The van der Waals surface area contributed by atoms with E-state index < -0.39 is 0 Å². The topological polar surface area (TPSA) is 85.8 Å². The second kappa shape index (κ2) is 7.50. The number of carbonyl (C=O) groups excluding carboxylic acids is 1. The van der Waals surface area contributed by atoms with Crippen LogP contribution in [0.3, 0.4) is 0 Å². The molecule has 1 amide bonds. The van der Waals surface area contributed by atoms with Crippen LogP contribution in [0.25, 0.3) is 11.0 Å². The molecule has 0 atom stereocenters. The molecule has 148 valence electrons. The van der Waals surface area contributed by atoms with E-state index in [4.69, 9.17) is 4.52 Å². The number of para-hydroxylation sites is 2. The number of hydrogen-bond donors (Lipinski definition) is 1. The van der Waals surface area contributed by atoms with Crippen molar-refractivity contribution in [2.45, 2.75) is 39.2 Å². The lowest BCUT2D eigenvalue weighted by molar-refractivity contribution is 0.101. The van der Waals surface area contributed by atoms with Crippen LogP contribution in [0.1, 0.15) is 42.7 Å². The molecule has 4 aromatic rings. The molecule has 1 N–H and O–H groups in total. The molecule has 3 aromatic heterocycles. The lowest BCUT2D eigenvalue weighted by atomic mass is 9.93. The van der Waals surface area contributed by atoms with E-state index in [1.54, 1.807) is 12.3 Å². The van der Waals surface area contributed by atoms with Gasteiger partial charge in [0.05, 0.1) is 11.0 Å². The van der Waals surface area contributed by atoms with E-state index in [-0.39, 0.29) is 17.0 Å². The largest absolute Gasteiger partial charge is 0.360 e. The third-order valence-corrected chi connectivity index (χ3v) is 4.68. The summed E-state index contributed by atoms with van der Waals surface area (Å²) in [7, 11) is 0. The van der Waals surface area contributed by atoms with Crippen LogP contribution in [0, 0.1) is 0 Å². The van der Waals surface area contributed by atoms with Gasteiger partial charge in [0, 0.05) is 36.3 Å². The Labute approximate surface area is 168 Å². The number of benzene rings is 1. The highest BCUT2D eigenvalue weighted by molar-refractivity contribution is 6.02. The third kappa shape index (κ3) is 4.03. The zero-order valence-electron chi connectivity index (χ0n) is 16.7. The molecule has 0 saturated carbocycles. The van der Waals surface area contributed by atoms with Gasteiger partial charge in [0.1, 0.15) is 5.76 Å². The SMILES string of the molecule is CC(C)(C)c1cc(C(=O)Nc2nc3ccccc3n2CCc2ccccn2)no1. The first-order chi connectivity index (χ1) is 13.9. The molecule has 0 aliphatic heterocycles. The van der Waals surface area contributed by atoms with Gasteiger partial charge < -0.3 is 9.09 Å². The van der Waals surface area contributed by atoms with E-state index in [2.05, 4.69) is 20.4 Å². The average Bonchev–Trinajstić information content (AvgIpc) is 3.32. The lowest BCUT2D eigenvalue weighted by Gasteiger charge is -2.12. The smallest absolute Gasteiger partial charge is 0.280 e. The molecule has 7 heteroatoms. The zero-order chi connectivity index (χ0) is 20.4. The molecule has 1 aromatic carbocycles. The van der Waals surface area contributed by atoms with E-state index >= 15 is 0 Å². The zero-order valence-corrected chi connectivity index (χ0v) is 16.7. The van der Waals surface area contributed by atoms with E-state index in [1.165, 1.54) is 0 Å². The fourth-order valence-corrected chi connectivity index (χ4v) is 3.07. The quantitative estimate of drug-likeness (QED) is 0.552. The molecule has 3 heterocycles. The highest BCUT2D eigenvalue weighted by Crippen LogP contribution is 2.24. The van der Waals surface area contributed by atoms with Crippen LogP contribution in [0.4, 0.5) is 5.95 Å². The van der Waals surface area contributed by atoms with E-state index in [1.807, 2.05) is 67.8 Å². The maximum absolute atomic E-state index is 12.8. The van der Waals surface area contributed by atoms with Gasteiger partial charge in [-0.25, -0.2) is 4.98 Å². The number of carbonyl (C=O) groups is 1. The monoisotopic (exact) mass is 389 g/mol. The molecule has 0 aliphatic carbocycles. The normalized spacial score (nSPS) is 11.7. The van der Waals surface area contributed by atoms with E-state index in [9.17, 15) is 4.79 Å². The average molecular weight is 389 g/mol. The summed E-state index contributed by atoms with van der Waals surface area (Å²) in [6.45, 7) is 6.66. The van der Waals surface area contributed by atoms with Gasteiger partial charge in [-0.15, -0.1) is 0 Å². The number of hydrogen-bond acceptors (Lipinski definition) is 5. The summed E-state index contributed by atoms with van der Waals surface area (Å²) < 4.78 is 7.33. The Bertz CT molecular complexity index is 1140. The Hall–Kier alpha value is -3.48. The van der Waals surface area contributed by atoms with Gasteiger partial charge in [-0.3, -0.25) is 15.1 Å². The van der Waals surface area contributed by atoms with Crippen molar-refractivity contribution >= 4 is 22.9 Å². The summed E-state index contributed by atoms with van der Waals surface area (Å²) in [6, 6.07) is 15.3. The van der Waals surface area contributed by atoms with Gasteiger partial charge in [0.15, 0.2) is 5.69 Å². The van der Waals surface area contributed by atoms with Crippen molar-refractivity contribution < 1.29 is 9.32 Å². The molecule has 0 bridgehead atoms. The lowest BCUT2D eigenvalue weighted by Crippen LogP contribution is -2.17. The van der Waals surface area contributed by atoms with Crippen LogP contribution in [0.15, 0.2) is 59.3 Å². The van der Waals surface area contributed by atoms with Gasteiger partial charge in [0.25, 0.3) is 5.91 Å². The number of anilines is 1. The van der Waals surface area contributed by atoms with Crippen molar-refractivity contribution in [3.05, 3.63) is 71.9 Å². The van der Waals surface area contributed by atoms with Crippen molar-refractivity contribution in [3.8, 4) is 0 Å². The molecule has 4 rings (SSSR count). The molecule has 0 spiro atoms. The summed E-state index contributed by atoms with van der Waals surface area (Å²) in [5.41, 5.74) is 2.77. The summed E-state index contributed by atoms with van der Waals surface area (Å²) in [5.74, 6) is 0.789. The van der Waals surface area contributed by atoms with E-state index in [0.29, 0.717) is 18.3 Å². The van der Waals surface area contributed by atoms with Gasteiger partial charge in [0.2, 0.25) is 5.95 Å². The van der Waals surface area contributed by atoms with Crippen molar-refractivity contribution in [3.63, 3.8) is 0 Å². The van der Waals surface area contributed by atoms with Crippen molar-refractivity contribution in [1.29, 1.82) is 0 Å². The molecular weight excluding hydrogens is 366 g/mol. The molecule has 0 unspecified atom stereocenters. The van der Waals surface area contributed by atoms with Crippen LogP contribution in [0.2, 0.25) is 0 Å². The summed E-state index contributed by atoms with van der Waals surface area (Å²) >= 11 is 0. The number of imidazole rings is 1. The van der Waals surface area contributed by atoms with Gasteiger partial charge in [-0.2, -0.15) is 0 Å². The molecule has 29 heavy (non-hydrogen) atoms. The minimum atomic E-state index is -0.348. The van der Waals surface area contributed by atoms with Crippen molar-refractivity contribution in [2.24, 2.45) is 0 Å². The second-order valence-electron chi connectivity index (χ2n) is 7.93. The Morgan fingerprint density at radius 1 is 1.14 bits per heavy atom. The van der Waals surface area contributed by atoms with Crippen molar-refractivity contribution in [2.75, 3.05) is 5.32 Å². The number of rotatable bonds is 5. The summed E-state index contributed by atoms with van der Waals surface area (Å²) in [6.07, 6.45) is 2.50. The van der Waals surface area contributed by atoms with E-state index in [0.717, 1.165) is 23.1 Å². The Kier molecular flexibility index (Phi) is 4.88. The second-order valence-corrected chi connectivity index (χ2v) is 7.93. The summed E-state index contributed by atoms with van der Waals surface area (Å²) in [4.78, 5) is 21.7. The number of pyridine rings is 1. The number of amides is 1. The fourth-order valence-electron chi connectivity index (χ4n) is 3.07. The molecular formula is C22H23N5O2. The number of fused-ring (bicyclic) bond motifs is 1. The molecule has 7 nitrogen and oxygen atoms in total. The van der Waals surface area contributed by atoms with Crippen molar-refractivity contribution in [1.82, 2.24) is 19.7 Å². The minimum Gasteiger partial charge on any atom is -0.360 e. The van der Waals surface area contributed by atoms with Crippen LogP contribution in [0.5, 0.6) is 0 Å². The predicted molar refractivity (Wildman–Crippen MR) is 111 cm³/mol. The maximum Gasteiger partial charge on any atom is 0.280 e. The van der Waals surface area contributed by atoms with Gasteiger partial charge in [-0.1, -0.05) is 44.1 Å².